The van der Waals surface area contributed by atoms with Crippen LogP contribution in [0, 0.1) is 5.92 Å². The highest BCUT2D eigenvalue weighted by Gasteiger charge is 2.22. The Bertz CT molecular complexity index is 485. The minimum atomic E-state index is -0.681. The van der Waals surface area contributed by atoms with E-state index in [1.165, 1.54) is 0 Å². The Hall–Kier alpha value is -1.92. The van der Waals surface area contributed by atoms with Crippen molar-refractivity contribution in [2.75, 3.05) is 5.32 Å². The first-order valence-electron chi connectivity index (χ1n) is 6.91. The normalized spacial score (nSPS) is 13.6. The minimum absolute atomic E-state index is 0.00582. The number of rotatable bonds is 6. The largest absolute Gasteiger partial charge is 0.392 e. The van der Waals surface area contributed by atoms with Crippen LogP contribution in [0.25, 0.3) is 0 Å². The third-order valence-corrected chi connectivity index (χ3v) is 3.18. The molecule has 2 amide bonds. The van der Waals surface area contributed by atoms with Crippen LogP contribution in [0.4, 0.5) is 5.69 Å². The fourth-order valence-electron chi connectivity index (χ4n) is 1.62. The van der Waals surface area contributed by atoms with Crippen molar-refractivity contribution in [3.05, 3.63) is 29.8 Å². The van der Waals surface area contributed by atoms with Crippen LogP contribution in [0.3, 0.4) is 0 Å². The Kier molecular flexibility index (Phi) is 6.33. The lowest BCUT2D eigenvalue weighted by Gasteiger charge is -2.19. The molecule has 6 nitrogen and oxygen atoms in total. The summed E-state index contributed by atoms with van der Waals surface area (Å²) in [6.45, 7) is 5.24. The molecule has 6 heteroatoms. The average Bonchev–Trinajstić information content (AvgIpc) is 2.46. The van der Waals surface area contributed by atoms with E-state index < -0.39 is 12.1 Å². The number of amides is 2. The Labute approximate surface area is 124 Å². The molecule has 116 valence electrons. The fraction of sp³-hybridized carbons (Fsp3) is 0.467. The second kappa shape index (κ2) is 7.75. The molecular formula is C15H23N3O3. The molecular weight excluding hydrogens is 270 g/mol. The lowest BCUT2D eigenvalue weighted by molar-refractivity contribution is -0.127. The number of hydrogen-bond acceptors (Lipinski definition) is 4. The number of carbonyl (C=O) groups is 2. The smallest absolute Gasteiger partial charge is 0.246 e. The van der Waals surface area contributed by atoms with Gasteiger partial charge >= 0.3 is 0 Å². The quantitative estimate of drug-likeness (QED) is 0.616. The van der Waals surface area contributed by atoms with Crippen molar-refractivity contribution in [2.24, 2.45) is 11.7 Å². The summed E-state index contributed by atoms with van der Waals surface area (Å²) in [5.41, 5.74) is 7.09. The Morgan fingerprint density at radius 2 is 1.71 bits per heavy atom. The summed E-state index contributed by atoms with van der Waals surface area (Å²) in [6, 6.07) is 5.50. The maximum Gasteiger partial charge on any atom is 0.246 e. The summed E-state index contributed by atoms with van der Waals surface area (Å²) >= 11 is 0. The van der Waals surface area contributed by atoms with Crippen molar-refractivity contribution in [1.29, 1.82) is 0 Å². The van der Waals surface area contributed by atoms with Crippen LogP contribution in [0.5, 0.6) is 0 Å². The third kappa shape index (κ3) is 5.17. The summed E-state index contributed by atoms with van der Waals surface area (Å²) in [5, 5.41) is 14.2. The molecule has 2 atom stereocenters. The summed E-state index contributed by atoms with van der Waals surface area (Å²) in [6.07, 6.45) is 0. The first-order valence-corrected chi connectivity index (χ1v) is 6.91. The van der Waals surface area contributed by atoms with E-state index in [-0.39, 0.29) is 24.3 Å². The van der Waals surface area contributed by atoms with Gasteiger partial charge in [0.05, 0.1) is 12.6 Å². The summed E-state index contributed by atoms with van der Waals surface area (Å²) in [5.74, 6) is -0.661. The number of aliphatic hydroxyl groups is 1. The molecule has 0 aliphatic rings. The SMILES string of the molecule is CC(NC(=O)[C@H](N)C(C)C)C(=O)Nc1ccc(CO)cc1. The van der Waals surface area contributed by atoms with Gasteiger partial charge in [-0.25, -0.2) is 0 Å². The minimum Gasteiger partial charge on any atom is -0.392 e. The van der Waals surface area contributed by atoms with Crippen molar-refractivity contribution in [1.82, 2.24) is 5.32 Å². The Balaban J connectivity index is 2.56. The molecule has 0 fully saturated rings. The maximum absolute atomic E-state index is 12.0. The topological polar surface area (TPSA) is 104 Å². The van der Waals surface area contributed by atoms with E-state index >= 15 is 0 Å². The molecule has 5 N–H and O–H groups in total. The molecule has 21 heavy (non-hydrogen) atoms. The average molecular weight is 293 g/mol. The monoisotopic (exact) mass is 293 g/mol. The number of anilines is 1. The van der Waals surface area contributed by atoms with Crippen LogP contribution >= 0.6 is 0 Å². The van der Waals surface area contributed by atoms with E-state index in [0.717, 1.165) is 5.56 Å². The molecule has 0 saturated carbocycles. The maximum atomic E-state index is 12.0. The van der Waals surface area contributed by atoms with Crippen LogP contribution in [0.1, 0.15) is 26.3 Å². The third-order valence-electron chi connectivity index (χ3n) is 3.18. The zero-order chi connectivity index (χ0) is 16.0. The molecule has 1 aromatic rings. The Morgan fingerprint density at radius 3 is 2.19 bits per heavy atom. The van der Waals surface area contributed by atoms with E-state index in [0.29, 0.717) is 5.69 Å². The van der Waals surface area contributed by atoms with Gasteiger partial charge in [-0.05, 0) is 30.5 Å². The second-order valence-corrected chi connectivity index (χ2v) is 5.34. The second-order valence-electron chi connectivity index (χ2n) is 5.34. The zero-order valence-electron chi connectivity index (χ0n) is 12.6. The lowest BCUT2D eigenvalue weighted by atomic mass is 10.0. The molecule has 0 heterocycles. The van der Waals surface area contributed by atoms with Crippen LogP contribution in [-0.4, -0.2) is 29.0 Å². The van der Waals surface area contributed by atoms with E-state index in [2.05, 4.69) is 10.6 Å². The molecule has 0 aromatic heterocycles. The van der Waals surface area contributed by atoms with Crippen molar-refractivity contribution >= 4 is 17.5 Å². The molecule has 0 aliphatic carbocycles. The number of nitrogens with two attached hydrogens (primary N) is 1. The standard InChI is InChI=1S/C15H23N3O3/c1-9(2)13(16)15(21)17-10(3)14(20)18-12-6-4-11(8-19)5-7-12/h4-7,9-10,13,19H,8,16H2,1-3H3,(H,17,21)(H,18,20)/t10?,13-/m1/s1. The predicted molar refractivity (Wildman–Crippen MR) is 81.4 cm³/mol. The summed E-state index contributed by atoms with van der Waals surface area (Å²) in [7, 11) is 0. The molecule has 0 spiro atoms. The number of carbonyl (C=O) groups excluding carboxylic acids is 2. The van der Waals surface area contributed by atoms with Crippen molar-refractivity contribution in [3.8, 4) is 0 Å². The van der Waals surface area contributed by atoms with Crippen molar-refractivity contribution in [2.45, 2.75) is 39.5 Å². The summed E-state index contributed by atoms with van der Waals surface area (Å²) in [4.78, 5) is 23.8. The van der Waals surface area contributed by atoms with Crippen LogP contribution in [0.2, 0.25) is 0 Å². The molecule has 0 bridgehead atoms. The number of hydrogen-bond donors (Lipinski definition) is 4. The van der Waals surface area contributed by atoms with Gasteiger partial charge in [0.15, 0.2) is 0 Å². The Morgan fingerprint density at radius 1 is 1.14 bits per heavy atom. The molecule has 1 unspecified atom stereocenters. The van der Waals surface area contributed by atoms with Gasteiger partial charge in [-0.15, -0.1) is 0 Å². The van der Waals surface area contributed by atoms with E-state index in [1.54, 1.807) is 31.2 Å². The van der Waals surface area contributed by atoms with Gasteiger partial charge in [-0.1, -0.05) is 26.0 Å². The zero-order valence-corrected chi connectivity index (χ0v) is 12.6. The predicted octanol–water partition coefficient (Wildman–Crippen LogP) is 0.605. The lowest BCUT2D eigenvalue weighted by Crippen LogP contribution is -2.50. The van der Waals surface area contributed by atoms with Crippen LogP contribution < -0.4 is 16.4 Å². The van der Waals surface area contributed by atoms with Crippen molar-refractivity contribution in [3.63, 3.8) is 0 Å². The van der Waals surface area contributed by atoms with E-state index in [1.807, 2.05) is 13.8 Å². The van der Waals surface area contributed by atoms with E-state index in [9.17, 15) is 9.59 Å². The molecule has 1 rings (SSSR count). The van der Waals surface area contributed by atoms with Gasteiger partial charge in [-0.2, -0.15) is 0 Å². The summed E-state index contributed by atoms with van der Waals surface area (Å²) < 4.78 is 0. The van der Waals surface area contributed by atoms with Crippen LogP contribution in [-0.2, 0) is 16.2 Å². The van der Waals surface area contributed by atoms with Gasteiger partial charge in [-0.3, -0.25) is 9.59 Å². The molecule has 0 saturated heterocycles. The number of aliphatic hydroxyl groups excluding tert-OH is 1. The molecule has 1 aromatic carbocycles. The van der Waals surface area contributed by atoms with E-state index in [4.69, 9.17) is 10.8 Å². The van der Waals surface area contributed by atoms with Gasteiger partial charge in [0.1, 0.15) is 6.04 Å². The van der Waals surface area contributed by atoms with Crippen molar-refractivity contribution < 1.29 is 14.7 Å². The first-order chi connectivity index (χ1) is 9.85. The highest BCUT2D eigenvalue weighted by Crippen LogP contribution is 2.10. The van der Waals surface area contributed by atoms with Gasteiger partial charge < -0.3 is 21.5 Å². The first kappa shape index (κ1) is 17.1. The van der Waals surface area contributed by atoms with Crippen LogP contribution in [0.15, 0.2) is 24.3 Å². The number of benzene rings is 1. The van der Waals surface area contributed by atoms with Gasteiger partial charge in [0, 0.05) is 5.69 Å². The highest BCUT2D eigenvalue weighted by molar-refractivity contribution is 5.97. The number of nitrogens with one attached hydrogen (secondary N) is 2. The van der Waals surface area contributed by atoms with Gasteiger partial charge in [0.2, 0.25) is 11.8 Å². The van der Waals surface area contributed by atoms with Gasteiger partial charge in [0.25, 0.3) is 0 Å². The fourth-order valence-corrected chi connectivity index (χ4v) is 1.62. The highest BCUT2D eigenvalue weighted by atomic mass is 16.3. The molecule has 0 radical (unpaired) electrons. The molecule has 0 aliphatic heterocycles.